The van der Waals surface area contributed by atoms with Gasteiger partial charge in [-0.25, -0.2) is 9.13 Å². The Morgan fingerprint density at radius 3 is 1.38 bits per heavy atom. The van der Waals surface area contributed by atoms with Gasteiger partial charge in [0.1, 0.15) is 56.3 Å². The van der Waals surface area contributed by atoms with Gasteiger partial charge in [0.25, 0.3) is 5.69 Å². The molecular weight excluding hydrogens is 883 g/mol. The van der Waals surface area contributed by atoms with Gasteiger partial charge in [0.2, 0.25) is 23.3 Å². The summed E-state index contributed by atoms with van der Waals surface area (Å²) in [4.78, 5) is 0. The quantitative estimate of drug-likeness (QED) is 0.129. The molecule has 364 valence electrons. The minimum absolute atomic E-state index is 0.441. The first kappa shape index (κ1) is 50.4. The average Bonchev–Trinajstić information content (AvgIpc) is 4.09. The van der Waals surface area contributed by atoms with Crippen molar-refractivity contribution in [2.24, 2.45) is 49.3 Å². The highest BCUT2D eigenvalue weighted by Gasteiger charge is 2.32. The maximum atomic E-state index is 2.39. The largest absolute Gasteiger partial charge is 0.359 e. The van der Waals surface area contributed by atoms with E-state index < -0.39 is 0 Å². The van der Waals surface area contributed by atoms with Gasteiger partial charge in [-0.1, -0.05) is 88.4 Å². The van der Waals surface area contributed by atoms with Gasteiger partial charge in [0.05, 0.1) is 20.2 Å². The lowest BCUT2D eigenvalue weighted by atomic mass is 9.92. The molecule has 0 saturated carbocycles. The fourth-order valence-corrected chi connectivity index (χ4v) is 9.89. The molecule has 0 bridgehead atoms. The summed E-state index contributed by atoms with van der Waals surface area (Å²) < 4.78 is 19.9. The van der Waals surface area contributed by atoms with Gasteiger partial charge in [0.15, 0.2) is 25.6 Å². The van der Waals surface area contributed by atoms with Gasteiger partial charge in [-0.2, -0.15) is 18.3 Å². The Labute approximate surface area is 427 Å². The third kappa shape index (κ3) is 10.2. The van der Waals surface area contributed by atoms with Crippen molar-refractivity contribution in [2.75, 3.05) is 0 Å². The van der Waals surface area contributed by atoms with E-state index in [0.717, 1.165) is 5.82 Å². The fraction of sp³-hybridized carbons (Fsp3) is 0.238. The summed E-state index contributed by atoms with van der Waals surface area (Å²) >= 11 is 0. The number of rotatable bonds is 9. The standard InChI is InChI=1S/C29H35N3.2C17H19N3/c1-20(2)23-14-10-15-24(21(3)4)28(23)32-19-18-30(6)29(32)27-17-11-16-26(31(27)7)25-13-9-8-12-22(25)5;1-18-12-6-4-8-14(18)16-10-11-17(20(16)3)15-9-5-7-13-19(15)2;1-14-8-4-5-9-15(14)16-10-6-11-17(19(16)3)20-13-7-12-18(20)2/h8-21H,1-7H3;2*4-13H,1-3H3/q3*+2. The molecule has 0 atom stereocenters. The molecule has 0 spiro atoms. The van der Waals surface area contributed by atoms with E-state index >= 15 is 0 Å². The van der Waals surface area contributed by atoms with Crippen LogP contribution in [0.25, 0.3) is 68.3 Å². The van der Waals surface area contributed by atoms with Crippen molar-refractivity contribution in [3.63, 3.8) is 0 Å². The second-order valence-corrected chi connectivity index (χ2v) is 19.5. The second-order valence-electron chi connectivity index (χ2n) is 19.5. The third-order valence-electron chi connectivity index (χ3n) is 14.0. The lowest BCUT2D eigenvalue weighted by Gasteiger charge is -2.17. The lowest BCUT2D eigenvalue weighted by molar-refractivity contribution is -0.763. The van der Waals surface area contributed by atoms with Crippen LogP contribution in [0, 0.1) is 13.8 Å². The van der Waals surface area contributed by atoms with Gasteiger partial charge in [-0.05, 0) is 90.0 Å². The molecule has 7 heterocycles. The fourth-order valence-electron chi connectivity index (χ4n) is 9.89. The van der Waals surface area contributed by atoms with Gasteiger partial charge in [0, 0.05) is 76.4 Å². The summed E-state index contributed by atoms with van der Waals surface area (Å²) in [6, 6.07) is 55.8. The van der Waals surface area contributed by atoms with Crippen LogP contribution < -0.4 is 27.5 Å². The van der Waals surface area contributed by atoms with E-state index in [1.54, 1.807) is 0 Å². The minimum atomic E-state index is 0.441. The predicted molar refractivity (Wildman–Crippen MR) is 289 cm³/mol. The number of hydrogen-bond acceptors (Lipinski definition) is 0. The average molecular weight is 956 g/mol. The molecule has 10 rings (SSSR count). The van der Waals surface area contributed by atoms with Crippen LogP contribution in [-0.2, 0) is 49.3 Å². The lowest BCUT2D eigenvalue weighted by Crippen LogP contribution is -2.45. The number of benzene rings is 3. The van der Waals surface area contributed by atoms with Gasteiger partial charge < -0.3 is 4.57 Å². The molecule has 0 fully saturated rings. The molecule has 0 aliphatic rings. The molecule has 7 aromatic heterocycles. The number of aryl methyl sites for hydroxylation is 6. The molecule has 9 nitrogen and oxygen atoms in total. The van der Waals surface area contributed by atoms with Crippen molar-refractivity contribution in [3.8, 4) is 68.3 Å². The summed E-state index contributed by atoms with van der Waals surface area (Å²) in [5, 5.41) is 0. The Hall–Kier alpha value is -8.04. The highest BCUT2D eigenvalue weighted by molar-refractivity contribution is 5.65. The normalized spacial score (nSPS) is 11.1. The SMILES string of the molecule is Cc1ccccc1-c1cccc(-c2n(-c3c(C(C)C)cccc3C(C)C)cc[n+]2C)[n+]1C.Cc1ccccc1-c1cccc(-n2ccc[n+]2C)[n+]1C.Cn1c(-c2cccc[n+]2C)ccc1-c1cccc[n+]1C. The van der Waals surface area contributed by atoms with Crippen molar-refractivity contribution < 1.29 is 27.5 Å². The molecule has 0 aliphatic heterocycles. The van der Waals surface area contributed by atoms with Gasteiger partial charge >= 0.3 is 11.6 Å². The van der Waals surface area contributed by atoms with E-state index in [4.69, 9.17) is 0 Å². The zero-order valence-corrected chi connectivity index (χ0v) is 44.7. The van der Waals surface area contributed by atoms with Crippen LogP contribution in [-0.4, -0.2) is 13.8 Å². The van der Waals surface area contributed by atoms with Crippen molar-refractivity contribution in [1.29, 1.82) is 0 Å². The van der Waals surface area contributed by atoms with Crippen molar-refractivity contribution >= 4 is 0 Å². The number of aromatic nitrogens is 9. The van der Waals surface area contributed by atoms with E-state index in [9.17, 15) is 0 Å². The molecule has 0 radical (unpaired) electrons. The van der Waals surface area contributed by atoms with E-state index in [1.165, 1.54) is 84.7 Å². The minimum Gasteiger partial charge on any atom is -0.334 e. The van der Waals surface area contributed by atoms with E-state index in [-0.39, 0.29) is 0 Å². The number of nitrogens with zero attached hydrogens (tertiary/aromatic N) is 9. The third-order valence-corrected chi connectivity index (χ3v) is 14.0. The summed E-state index contributed by atoms with van der Waals surface area (Å²) in [5.74, 6) is 3.20. The molecule has 3 aromatic carbocycles. The summed E-state index contributed by atoms with van der Waals surface area (Å²) in [5.41, 5.74) is 17.7. The molecule has 0 aliphatic carbocycles. The summed E-state index contributed by atoms with van der Waals surface area (Å²) in [6.45, 7) is 13.5. The zero-order valence-electron chi connectivity index (χ0n) is 44.7. The molecule has 9 heteroatoms. The van der Waals surface area contributed by atoms with Gasteiger partial charge in [-0.3, -0.25) is 0 Å². The van der Waals surface area contributed by atoms with Crippen LogP contribution >= 0.6 is 0 Å². The zero-order chi connectivity index (χ0) is 51.2. The van der Waals surface area contributed by atoms with Crippen LogP contribution in [0.1, 0.15) is 61.8 Å². The number of para-hydroxylation sites is 1. The summed E-state index contributed by atoms with van der Waals surface area (Å²) in [6.07, 6.45) is 12.6. The van der Waals surface area contributed by atoms with Crippen molar-refractivity contribution in [1.82, 2.24) is 13.8 Å². The van der Waals surface area contributed by atoms with Crippen LogP contribution in [0.2, 0.25) is 0 Å². The molecule has 0 unspecified atom stereocenters. The van der Waals surface area contributed by atoms with Gasteiger partial charge in [-0.15, -0.1) is 0 Å². The highest BCUT2D eigenvalue weighted by atomic mass is 15.4. The molecule has 0 amide bonds. The first-order valence-corrected chi connectivity index (χ1v) is 25.1. The number of pyridine rings is 4. The topological polar surface area (TPSA) is 38.1 Å². The molecule has 10 aromatic rings. The Morgan fingerprint density at radius 1 is 0.403 bits per heavy atom. The molecule has 0 N–H and O–H groups in total. The Kier molecular flexibility index (Phi) is 15.3. The maximum Gasteiger partial charge on any atom is 0.359 e. The number of hydrogen-bond donors (Lipinski definition) is 0. The summed E-state index contributed by atoms with van der Waals surface area (Å²) in [7, 11) is 14.7. The van der Waals surface area contributed by atoms with Crippen molar-refractivity contribution in [2.45, 2.75) is 53.4 Å². The molecule has 0 saturated heterocycles. The Morgan fingerprint density at radius 2 is 0.875 bits per heavy atom. The van der Waals surface area contributed by atoms with Crippen LogP contribution in [0.4, 0.5) is 0 Å². The maximum absolute atomic E-state index is 2.39. The monoisotopic (exact) mass is 956 g/mol. The van der Waals surface area contributed by atoms with Crippen LogP contribution in [0.15, 0.2) is 195 Å². The second kappa shape index (κ2) is 21.9. The first-order chi connectivity index (χ1) is 34.7. The smallest absolute Gasteiger partial charge is 0.334 e. The number of imidazole rings is 1. The van der Waals surface area contributed by atoms with E-state index in [0.29, 0.717) is 11.8 Å². The highest BCUT2D eigenvalue weighted by Crippen LogP contribution is 2.34. The van der Waals surface area contributed by atoms with Crippen molar-refractivity contribution in [3.05, 3.63) is 217 Å². The van der Waals surface area contributed by atoms with E-state index in [2.05, 4.69) is 296 Å². The first-order valence-electron chi connectivity index (χ1n) is 25.1. The molecule has 72 heavy (non-hydrogen) atoms. The molecular formula is C63H73N9+6. The predicted octanol–water partition coefficient (Wildman–Crippen LogP) is 10.1. The Balaban J connectivity index is 0.000000151. The van der Waals surface area contributed by atoms with Crippen LogP contribution in [0.5, 0.6) is 0 Å². The Bertz CT molecular complexity index is 3400. The van der Waals surface area contributed by atoms with E-state index in [1.807, 2.05) is 31.4 Å². The van der Waals surface area contributed by atoms with Crippen LogP contribution in [0.3, 0.4) is 0 Å².